The summed E-state index contributed by atoms with van der Waals surface area (Å²) in [6, 6.07) is 4.14. The van der Waals surface area contributed by atoms with Crippen LogP contribution in [0.2, 0.25) is 5.02 Å². The van der Waals surface area contributed by atoms with Gasteiger partial charge in [0.15, 0.2) is 0 Å². The van der Waals surface area contributed by atoms with Gasteiger partial charge >= 0.3 is 5.51 Å². The van der Waals surface area contributed by atoms with E-state index in [0.29, 0.717) is 0 Å². The van der Waals surface area contributed by atoms with E-state index in [4.69, 9.17) is 17.3 Å². The smallest absolute Gasteiger partial charge is 0.398 e. The molecule has 0 aliphatic heterocycles. The number of nitrogen functional groups attached to an aromatic ring is 1. The first-order valence-electron chi connectivity index (χ1n) is 4.88. The summed E-state index contributed by atoms with van der Waals surface area (Å²) in [6.45, 7) is -0.378. The lowest BCUT2D eigenvalue weighted by Gasteiger charge is -2.11. The standard InChI is InChI=1S/C9H10ClF3N2O2S2/c10-6-2-1-3-7(14)8(6)19(16,17)15-4-5-18-9(11,12)13/h1-3,15H,4-5,14H2. The number of hydrogen-bond acceptors (Lipinski definition) is 4. The number of hydrogen-bond donors (Lipinski definition) is 2. The van der Waals surface area contributed by atoms with Crippen molar-refractivity contribution in [3.8, 4) is 0 Å². The molecule has 1 aromatic rings. The number of sulfonamides is 1. The Labute approximate surface area is 117 Å². The number of anilines is 1. The average Bonchev–Trinajstić information content (AvgIpc) is 2.22. The molecule has 4 nitrogen and oxygen atoms in total. The third-order valence-corrected chi connectivity index (χ3v) is 4.67. The predicted octanol–water partition coefficient (Wildman–Crippen LogP) is 2.45. The molecule has 0 aliphatic rings. The van der Waals surface area contributed by atoms with Crippen molar-refractivity contribution in [2.24, 2.45) is 0 Å². The van der Waals surface area contributed by atoms with Gasteiger partial charge in [-0.2, -0.15) is 13.2 Å². The van der Waals surface area contributed by atoms with E-state index < -0.39 is 21.3 Å². The van der Waals surface area contributed by atoms with Gasteiger partial charge < -0.3 is 5.73 Å². The maximum atomic E-state index is 11.9. The summed E-state index contributed by atoms with van der Waals surface area (Å²) in [4.78, 5) is -0.325. The van der Waals surface area contributed by atoms with Crippen LogP contribution in [0.5, 0.6) is 0 Å². The number of rotatable bonds is 5. The molecule has 0 spiro atoms. The van der Waals surface area contributed by atoms with Crippen LogP contribution in [0.25, 0.3) is 0 Å². The molecule has 0 fully saturated rings. The summed E-state index contributed by atoms with van der Waals surface area (Å²) in [7, 11) is -4.03. The summed E-state index contributed by atoms with van der Waals surface area (Å²) in [5.74, 6) is -0.437. The first-order valence-corrected chi connectivity index (χ1v) is 7.72. The number of alkyl halides is 3. The molecule has 1 aromatic carbocycles. The van der Waals surface area contributed by atoms with Gasteiger partial charge in [-0.15, -0.1) is 0 Å². The molecule has 0 bridgehead atoms. The highest BCUT2D eigenvalue weighted by Crippen LogP contribution is 2.30. The molecule has 0 atom stereocenters. The molecule has 0 heterocycles. The van der Waals surface area contributed by atoms with E-state index in [9.17, 15) is 21.6 Å². The average molecular weight is 335 g/mol. The van der Waals surface area contributed by atoms with Gasteiger partial charge in [0.2, 0.25) is 10.0 Å². The van der Waals surface area contributed by atoms with Crippen molar-refractivity contribution in [3.05, 3.63) is 23.2 Å². The Morgan fingerprint density at radius 1 is 1.37 bits per heavy atom. The van der Waals surface area contributed by atoms with Crippen molar-refractivity contribution in [3.63, 3.8) is 0 Å². The van der Waals surface area contributed by atoms with Crippen LogP contribution in [0.4, 0.5) is 18.9 Å². The van der Waals surface area contributed by atoms with Crippen molar-refractivity contribution in [1.82, 2.24) is 4.72 Å². The topological polar surface area (TPSA) is 72.2 Å². The van der Waals surface area contributed by atoms with Gasteiger partial charge in [-0.25, -0.2) is 13.1 Å². The minimum atomic E-state index is -4.39. The fourth-order valence-electron chi connectivity index (χ4n) is 1.22. The molecule has 0 radical (unpaired) electrons. The van der Waals surface area contributed by atoms with Crippen LogP contribution < -0.4 is 10.5 Å². The highest BCUT2D eigenvalue weighted by atomic mass is 35.5. The van der Waals surface area contributed by atoms with Gasteiger partial charge in [-0.1, -0.05) is 17.7 Å². The third-order valence-electron chi connectivity index (χ3n) is 1.93. The van der Waals surface area contributed by atoms with Crippen LogP contribution in [-0.4, -0.2) is 26.2 Å². The largest absolute Gasteiger partial charge is 0.441 e. The van der Waals surface area contributed by atoms with E-state index in [1.54, 1.807) is 0 Å². The second-order valence-electron chi connectivity index (χ2n) is 3.35. The molecule has 1 rings (SSSR count). The molecule has 0 aliphatic carbocycles. The molecule has 0 aromatic heterocycles. The van der Waals surface area contributed by atoms with Crippen molar-refractivity contribution in [2.75, 3.05) is 18.0 Å². The molecule has 3 N–H and O–H groups in total. The minimum absolute atomic E-state index is 0.0662. The van der Waals surface area contributed by atoms with Crippen LogP contribution in [0.3, 0.4) is 0 Å². The van der Waals surface area contributed by atoms with Crippen LogP contribution in [0.15, 0.2) is 23.1 Å². The first kappa shape index (κ1) is 16.4. The summed E-state index contributed by atoms with van der Waals surface area (Å²) in [6.07, 6.45) is 0. The number of benzene rings is 1. The SMILES string of the molecule is Nc1cccc(Cl)c1S(=O)(=O)NCCSC(F)(F)F. The van der Waals surface area contributed by atoms with E-state index in [1.165, 1.54) is 18.2 Å². The predicted molar refractivity (Wildman–Crippen MR) is 69.6 cm³/mol. The van der Waals surface area contributed by atoms with E-state index in [2.05, 4.69) is 0 Å². The van der Waals surface area contributed by atoms with Gasteiger partial charge in [0.25, 0.3) is 0 Å². The second kappa shape index (κ2) is 6.21. The van der Waals surface area contributed by atoms with E-state index >= 15 is 0 Å². The van der Waals surface area contributed by atoms with Crippen LogP contribution >= 0.6 is 23.4 Å². The zero-order chi connectivity index (χ0) is 14.7. The lowest BCUT2D eigenvalue weighted by atomic mass is 10.3. The Morgan fingerprint density at radius 3 is 2.53 bits per heavy atom. The molecule has 10 heteroatoms. The van der Waals surface area contributed by atoms with Gasteiger partial charge in [0.1, 0.15) is 4.90 Å². The molecule has 0 saturated heterocycles. The number of nitrogens with two attached hydrogens (primary N) is 1. The Bertz CT molecular complexity index is 529. The minimum Gasteiger partial charge on any atom is -0.398 e. The maximum Gasteiger partial charge on any atom is 0.441 e. The zero-order valence-corrected chi connectivity index (χ0v) is 11.8. The van der Waals surface area contributed by atoms with Crippen molar-refractivity contribution in [2.45, 2.75) is 10.4 Å². The quantitative estimate of drug-likeness (QED) is 0.641. The Hall–Kier alpha value is -0.640. The first-order chi connectivity index (χ1) is 8.63. The molecular formula is C9H10ClF3N2O2S2. The molecule has 0 unspecified atom stereocenters. The molecule has 108 valence electrons. The summed E-state index contributed by atoms with van der Waals surface area (Å²) in [5.41, 5.74) is 1.03. The Balaban J connectivity index is 2.72. The second-order valence-corrected chi connectivity index (χ2v) is 6.62. The van der Waals surface area contributed by atoms with Crippen molar-refractivity contribution >= 4 is 39.1 Å². The fraction of sp³-hybridized carbons (Fsp3) is 0.333. The van der Waals surface area contributed by atoms with Crippen molar-refractivity contribution in [1.29, 1.82) is 0 Å². The highest BCUT2D eigenvalue weighted by molar-refractivity contribution is 8.00. The van der Waals surface area contributed by atoms with Crippen LogP contribution in [0, 0.1) is 0 Å². The summed E-state index contributed by atoms with van der Waals surface area (Å²) >= 11 is 5.40. The zero-order valence-electron chi connectivity index (χ0n) is 9.37. The van der Waals surface area contributed by atoms with Gasteiger partial charge in [0.05, 0.1) is 10.7 Å². The Morgan fingerprint density at radius 2 is 2.00 bits per heavy atom. The lowest BCUT2D eigenvalue weighted by Crippen LogP contribution is -2.27. The van der Waals surface area contributed by atoms with E-state index in [0.717, 1.165) is 0 Å². The van der Waals surface area contributed by atoms with Gasteiger partial charge in [-0.3, -0.25) is 0 Å². The van der Waals surface area contributed by atoms with Crippen LogP contribution in [-0.2, 0) is 10.0 Å². The fourth-order valence-corrected chi connectivity index (χ4v) is 3.49. The normalized spacial score (nSPS) is 12.6. The van der Waals surface area contributed by atoms with Crippen LogP contribution in [0.1, 0.15) is 0 Å². The monoisotopic (exact) mass is 334 g/mol. The maximum absolute atomic E-state index is 11.9. The lowest BCUT2D eigenvalue weighted by molar-refractivity contribution is -0.0327. The highest BCUT2D eigenvalue weighted by Gasteiger charge is 2.28. The van der Waals surface area contributed by atoms with Crippen molar-refractivity contribution < 1.29 is 21.6 Å². The van der Waals surface area contributed by atoms with E-state index in [1.807, 2.05) is 4.72 Å². The molecule has 0 saturated carbocycles. The number of nitrogens with one attached hydrogen (secondary N) is 1. The number of halogens is 4. The summed E-state index contributed by atoms with van der Waals surface area (Å²) < 4.78 is 61.3. The Kier molecular flexibility index (Phi) is 5.36. The van der Waals surface area contributed by atoms with E-state index in [-0.39, 0.29) is 33.9 Å². The number of thioether (sulfide) groups is 1. The van der Waals surface area contributed by atoms with Gasteiger partial charge in [-0.05, 0) is 23.9 Å². The third kappa shape index (κ3) is 5.09. The molecule has 0 amide bonds. The summed E-state index contributed by atoms with van der Waals surface area (Å²) in [5, 5.41) is -0.0871. The molecule has 19 heavy (non-hydrogen) atoms. The molecular weight excluding hydrogens is 325 g/mol. The van der Waals surface area contributed by atoms with Gasteiger partial charge in [0, 0.05) is 12.3 Å².